The van der Waals surface area contributed by atoms with Crippen molar-refractivity contribution in [2.24, 2.45) is 5.92 Å². The van der Waals surface area contributed by atoms with Gasteiger partial charge in [-0.25, -0.2) is 14.6 Å². The molecule has 0 aliphatic carbocycles. The van der Waals surface area contributed by atoms with Gasteiger partial charge in [0.15, 0.2) is 5.82 Å². The Balaban J connectivity index is 1.47. The highest BCUT2D eigenvalue weighted by Crippen LogP contribution is 2.27. The summed E-state index contributed by atoms with van der Waals surface area (Å²) in [5.41, 5.74) is 1.21. The Morgan fingerprint density at radius 2 is 2.16 bits per heavy atom. The first-order valence-corrected chi connectivity index (χ1v) is 11.1. The van der Waals surface area contributed by atoms with Crippen LogP contribution >= 0.6 is 0 Å². The monoisotopic (exact) mass is 438 g/mol. The molecular weight excluding hydrogens is 408 g/mol. The van der Waals surface area contributed by atoms with Crippen LogP contribution in [0, 0.1) is 12.8 Å². The van der Waals surface area contributed by atoms with E-state index < -0.39 is 0 Å². The van der Waals surface area contributed by atoms with Gasteiger partial charge in [-0.05, 0) is 57.8 Å². The molecule has 0 radical (unpaired) electrons. The first-order chi connectivity index (χ1) is 15.6. The number of aromatic nitrogens is 4. The van der Waals surface area contributed by atoms with Crippen molar-refractivity contribution >= 4 is 5.91 Å². The van der Waals surface area contributed by atoms with Crippen molar-refractivity contribution in [3.8, 4) is 11.7 Å². The molecule has 1 amide bonds. The fourth-order valence-electron chi connectivity index (χ4n) is 4.05. The Hall–Kier alpha value is -3.20. The van der Waals surface area contributed by atoms with Gasteiger partial charge in [0.25, 0.3) is 5.91 Å². The SMILES string of the molecule is CCOc1cc(-n2ncc(C(=O)NCC(c3ccco3)N3CCC(C)CC3)c2C)ncn1. The molecule has 1 N–H and O–H groups in total. The molecule has 170 valence electrons. The van der Waals surface area contributed by atoms with Crippen LogP contribution in [-0.4, -0.2) is 56.8 Å². The van der Waals surface area contributed by atoms with Crippen molar-refractivity contribution in [1.29, 1.82) is 0 Å². The molecular formula is C23H30N6O3. The minimum absolute atomic E-state index is 0.00687. The molecule has 3 aromatic rings. The van der Waals surface area contributed by atoms with E-state index in [1.165, 1.54) is 6.33 Å². The van der Waals surface area contributed by atoms with Crippen molar-refractivity contribution < 1.29 is 13.9 Å². The highest BCUT2D eigenvalue weighted by atomic mass is 16.5. The minimum atomic E-state index is -0.172. The summed E-state index contributed by atoms with van der Waals surface area (Å²) in [6, 6.07) is 5.58. The summed E-state index contributed by atoms with van der Waals surface area (Å²) in [4.78, 5) is 23.8. The molecule has 1 aliphatic heterocycles. The van der Waals surface area contributed by atoms with Crippen molar-refractivity contribution in [1.82, 2.24) is 30.0 Å². The molecule has 32 heavy (non-hydrogen) atoms. The van der Waals surface area contributed by atoms with E-state index in [9.17, 15) is 4.79 Å². The van der Waals surface area contributed by atoms with E-state index in [-0.39, 0.29) is 11.9 Å². The number of furan rings is 1. The zero-order valence-corrected chi connectivity index (χ0v) is 18.8. The second-order valence-electron chi connectivity index (χ2n) is 8.16. The van der Waals surface area contributed by atoms with Gasteiger partial charge in [-0.15, -0.1) is 0 Å². The van der Waals surface area contributed by atoms with Gasteiger partial charge in [-0.3, -0.25) is 9.69 Å². The van der Waals surface area contributed by atoms with Crippen LogP contribution in [0.5, 0.6) is 5.88 Å². The van der Waals surface area contributed by atoms with Gasteiger partial charge >= 0.3 is 0 Å². The number of nitrogens with zero attached hydrogens (tertiary/aromatic N) is 5. The fraction of sp³-hybridized carbons (Fsp3) is 0.478. The zero-order valence-electron chi connectivity index (χ0n) is 18.8. The summed E-state index contributed by atoms with van der Waals surface area (Å²) < 4.78 is 12.8. The van der Waals surface area contributed by atoms with Crippen LogP contribution in [0.2, 0.25) is 0 Å². The third-order valence-corrected chi connectivity index (χ3v) is 5.98. The van der Waals surface area contributed by atoms with Crippen molar-refractivity contribution in [3.63, 3.8) is 0 Å². The van der Waals surface area contributed by atoms with Crippen molar-refractivity contribution in [2.75, 3.05) is 26.2 Å². The predicted octanol–water partition coefficient (Wildman–Crippen LogP) is 3.17. The second-order valence-corrected chi connectivity index (χ2v) is 8.16. The number of carbonyl (C=O) groups excluding carboxylic acids is 1. The quantitative estimate of drug-likeness (QED) is 0.577. The lowest BCUT2D eigenvalue weighted by atomic mass is 9.97. The third-order valence-electron chi connectivity index (χ3n) is 5.98. The van der Waals surface area contributed by atoms with E-state index in [0.717, 1.165) is 37.6 Å². The van der Waals surface area contributed by atoms with E-state index in [1.54, 1.807) is 23.2 Å². The van der Waals surface area contributed by atoms with Crippen LogP contribution in [0.1, 0.15) is 54.5 Å². The number of ether oxygens (including phenoxy) is 1. The number of likely N-dealkylation sites (tertiary alicyclic amines) is 1. The first kappa shape index (κ1) is 22.0. The average molecular weight is 439 g/mol. The third kappa shape index (κ3) is 4.83. The van der Waals surface area contributed by atoms with Crippen LogP contribution in [0.15, 0.2) is 41.4 Å². The number of rotatable bonds is 8. The van der Waals surface area contributed by atoms with Crippen LogP contribution in [-0.2, 0) is 0 Å². The summed E-state index contributed by atoms with van der Waals surface area (Å²) >= 11 is 0. The number of piperidine rings is 1. The summed E-state index contributed by atoms with van der Waals surface area (Å²) in [6.45, 7) is 8.99. The lowest BCUT2D eigenvalue weighted by molar-refractivity contribution is 0.0895. The Labute approximate surface area is 187 Å². The lowest BCUT2D eigenvalue weighted by Gasteiger charge is -2.35. The number of nitrogens with one attached hydrogen (secondary N) is 1. The van der Waals surface area contributed by atoms with Gasteiger partial charge in [0.1, 0.15) is 12.1 Å². The molecule has 3 aromatic heterocycles. The number of hydrogen-bond acceptors (Lipinski definition) is 7. The molecule has 1 unspecified atom stereocenters. The summed E-state index contributed by atoms with van der Waals surface area (Å²) in [6.07, 6.45) is 6.98. The normalized spacial score (nSPS) is 16.1. The molecule has 0 spiro atoms. The fourth-order valence-corrected chi connectivity index (χ4v) is 4.05. The second kappa shape index (κ2) is 9.95. The number of hydrogen-bond donors (Lipinski definition) is 1. The van der Waals surface area contributed by atoms with E-state index in [1.807, 2.05) is 26.0 Å². The summed E-state index contributed by atoms with van der Waals surface area (Å²) in [5, 5.41) is 7.45. The van der Waals surface area contributed by atoms with Crippen LogP contribution < -0.4 is 10.1 Å². The van der Waals surface area contributed by atoms with E-state index >= 15 is 0 Å². The summed E-state index contributed by atoms with van der Waals surface area (Å²) in [5.74, 6) is 2.45. The number of carbonyl (C=O) groups is 1. The molecule has 1 saturated heterocycles. The van der Waals surface area contributed by atoms with Gasteiger partial charge < -0.3 is 14.5 Å². The smallest absolute Gasteiger partial charge is 0.254 e. The molecule has 4 heterocycles. The van der Waals surface area contributed by atoms with E-state index in [0.29, 0.717) is 36.1 Å². The van der Waals surface area contributed by atoms with Gasteiger partial charge in [0, 0.05) is 12.6 Å². The van der Waals surface area contributed by atoms with Gasteiger partial charge in [-0.2, -0.15) is 5.10 Å². The maximum absolute atomic E-state index is 13.0. The molecule has 1 fully saturated rings. The van der Waals surface area contributed by atoms with Gasteiger partial charge in [0.2, 0.25) is 5.88 Å². The lowest BCUT2D eigenvalue weighted by Crippen LogP contribution is -2.41. The Morgan fingerprint density at radius 3 is 2.88 bits per heavy atom. The molecule has 4 rings (SSSR count). The Bertz CT molecular complexity index is 1020. The van der Waals surface area contributed by atoms with E-state index in [2.05, 4.69) is 32.2 Å². The standard InChI is InChI=1S/C23H30N6O3/c1-4-31-22-12-21(25-15-26-22)29-17(3)18(13-27-29)23(30)24-14-19(20-6-5-11-32-20)28-9-7-16(2)8-10-28/h5-6,11-13,15-16,19H,4,7-10,14H2,1-3H3,(H,24,30). The van der Waals surface area contributed by atoms with Gasteiger partial charge in [0.05, 0.1) is 36.4 Å². The zero-order chi connectivity index (χ0) is 22.5. The summed E-state index contributed by atoms with van der Waals surface area (Å²) in [7, 11) is 0. The highest BCUT2D eigenvalue weighted by molar-refractivity contribution is 5.95. The van der Waals surface area contributed by atoms with Crippen LogP contribution in [0.25, 0.3) is 5.82 Å². The maximum atomic E-state index is 13.0. The molecule has 0 saturated carbocycles. The Morgan fingerprint density at radius 1 is 1.34 bits per heavy atom. The highest BCUT2D eigenvalue weighted by Gasteiger charge is 2.27. The minimum Gasteiger partial charge on any atom is -0.478 e. The molecule has 1 atom stereocenters. The van der Waals surface area contributed by atoms with Crippen molar-refractivity contribution in [3.05, 3.63) is 54.0 Å². The van der Waals surface area contributed by atoms with Crippen LogP contribution in [0.3, 0.4) is 0 Å². The van der Waals surface area contributed by atoms with Gasteiger partial charge in [-0.1, -0.05) is 6.92 Å². The molecule has 0 bridgehead atoms. The molecule has 0 aromatic carbocycles. The molecule has 9 heteroatoms. The first-order valence-electron chi connectivity index (χ1n) is 11.1. The number of amides is 1. The van der Waals surface area contributed by atoms with Crippen LogP contribution in [0.4, 0.5) is 0 Å². The molecule has 9 nitrogen and oxygen atoms in total. The average Bonchev–Trinajstić information content (AvgIpc) is 3.45. The maximum Gasteiger partial charge on any atom is 0.254 e. The topological polar surface area (TPSA) is 98.3 Å². The largest absolute Gasteiger partial charge is 0.478 e. The van der Waals surface area contributed by atoms with Crippen molar-refractivity contribution in [2.45, 2.75) is 39.7 Å². The predicted molar refractivity (Wildman–Crippen MR) is 119 cm³/mol. The van der Waals surface area contributed by atoms with E-state index in [4.69, 9.17) is 9.15 Å². The molecule has 1 aliphatic rings. The Kier molecular flexibility index (Phi) is 6.84.